The number of fused-ring (bicyclic) bond motifs is 2. The Morgan fingerprint density at radius 2 is 1.87 bits per heavy atom. The molecule has 3 aromatic rings. The second-order valence-corrected chi connectivity index (χ2v) is 19.0. The van der Waals surface area contributed by atoms with Crippen LogP contribution < -0.4 is 20.1 Å². The first kappa shape index (κ1) is 43.0. The first-order chi connectivity index (χ1) is 28.3. The lowest BCUT2D eigenvalue weighted by Crippen LogP contribution is -2.60. The molecule has 0 bridgehead atoms. The summed E-state index contributed by atoms with van der Waals surface area (Å²) < 4.78 is 80.3. The molecule has 2 aliphatic carbocycles. The number of nitrogens with zero attached hydrogens (tertiary/aromatic N) is 3. The van der Waals surface area contributed by atoms with E-state index in [4.69, 9.17) is 9.47 Å². The van der Waals surface area contributed by atoms with Gasteiger partial charge in [0.2, 0.25) is 21.8 Å². The fourth-order valence-corrected chi connectivity index (χ4v) is 9.55. The number of alkyl halides is 3. The summed E-state index contributed by atoms with van der Waals surface area (Å²) in [4.78, 5) is 65.3. The number of ether oxygens (including phenoxy) is 2. The molecule has 15 nitrogen and oxygen atoms in total. The number of carbonyl (C=O) groups is 4. The van der Waals surface area contributed by atoms with E-state index in [1.807, 2.05) is 6.08 Å². The number of hydrogen-bond acceptors (Lipinski definition) is 11. The zero-order valence-corrected chi connectivity index (χ0v) is 34.5. The van der Waals surface area contributed by atoms with E-state index < -0.39 is 92.2 Å². The van der Waals surface area contributed by atoms with Crippen molar-refractivity contribution in [1.29, 1.82) is 0 Å². The number of carbonyl (C=O) groups excluding carboxylic acids is 3. The predicted molar refractivity (Wildman–Crippen MR) is 212 cm³/mol. The van der Waals surface area contributed by atoms with Crippen LogP contribution in [0.15, 0.2) is 60.1 Å². The van der Waals surface area contributed by atoms with Gasteiger partial charge in [-0.25, -0.2) is 23.2 Å². The summed E-state index contributed by atoms with van der Waals surface area (Å²) in [5, 5.41) is 17.2. The highest BCUT2D eigenvalue weighted by molar-refractivity contribution is 7.91. The fourth-order valence-electron chi connectivity index (χ4n) is 7.64. The van der Waals surface area contributed by atoms with Gasteiger partial charge in [-0.15, -0.1) is 11.3 Å². The highest BCUT2D eigenvalue weighted by atomic mass is 32.2. The molecule has 60 heavy (non-hydrogen) atoms. The van der Waals surface area contributed by atoms with Gasteiger partial charge in [0.25, 0.3) is 5.91 Å². The van der Waals surface area contributed by atoms with Gasteiger partial charge in [-0.2, -0.15) is 13.2 Å². The van der Waals surface area contributed by atoms with E-state index in [2.05, 4.69) is 25.3 Å². The van der Waals surface area contributed by atoms with Gasteiger partial charge >= 0.3 is 12.3 Å². The van der Waals surface area contributed by atoms with Crippen LogP contribution in [0.25, 0.3) is 22.0 Å². The third-order valence-corrected chi connectivity index (χ3v) is 14.5. The van der Waals surface area contributed by atoms with Gasteiger partial charge in [0.05, 0.1) is 34.8 Å². The van der Waals surface area contributed by atoms with Crippen molar-refractivity contribution in [1.82, 2.24) is 30.2 Å². The molecule has 1 aromatic carbocycles. The molecule has 4 N–H and O–H groups in total. The number of aromatic nitrogens is 2. The van der Waals surface area contributed by atoms with Gasteiger partial charge in [-0.3, -0.25) is 19.1 Å². The fraction of sp³-hybridized carbons (Fsp3) is 0.500. The summed E-state index contributed by atoms with van der Waals surface area (Å²) in [5.41, 5.74) is -1.55. The number of halogens is 3. The Kier molecular flexibility index (Phi) is 11.8. The molecule has 4 aliphatic rings. The molecule has 4 heterocycles. The molecule has 1 saturated heterocycles. The lowest BCUT2D eigenvalue weighted by Gasteiger charge is -2.33. The lowest BCUT2D eigenvalue weighted by atomic mass is 10.0. The number of rotatable bonds is 9. The van der Waals surface area contributed by atoms with Crippen LogP contribution in [0.1, 0.15) is 71.3 Å². The van der Waals surface area contributed by atoms with Gasteiger partial charge in [0.15, 0.2) is 0 Å². The van der Waals surface area contributed by atoms with Gasteiger partial charge < -0.3 is 30.1 Å². The number of amides is 4. The van der Waals surface area contributed by atoms with Crippen LogP contribution in [-0.4, -0.2) is 99.4 Å². The normalized spacial score (nSPS) is 28.0. The number of hydrogen-bond donors (Lipinski definition) is 4. The maximum absolute atomic E-state index is 14.6. The van der Waals surface area contributed by atoms with Crippen LogP contribution in [0.3, 0.4) is 0 Å². The first-order valence-electron chi connectivity index (χ1n) is 19.6. The van der Waals surface area contributed by atoms with Crippen LogP contribution in [0, 0.1) is 5.92 Å². The molecule has 4 amide bonds. The summed E-state index contributed by atoms with van der Waals surface area (Å²) in [6, 6.07) is 4.72. The predicted octanol–water partition coefficient (Wildman–Crippen LogP) is 5.28. The number of benzene rings is 1. The maximum atomic E-state index is 14.6. The second-order valence-electron chi connectivity index (χ2n) is 15.9. The van der Waals surface area contributed by atoms with Crippen molar-refractivity contribution in [2.75, 3.05) is 6.54 Å². The monoisotopic (exact) mass is 874 g/mol. The molecule has 7 rings (SSSR count). The Morgan fingerprint density at radius 1 is 1.15 bits per heavy atom. The summed E-state index contributed by atoms with van der Waals surface area (Å²) >= 11 is 1.27. The molecule has 2 saturated carbocycles. The van der Waals surface area contributed by atoms with Crippen LogP contribution >= 0.6 is 11.3 Å². The maximum Gasteiger partial charge on any atom is 0.416 e. The topological polar surface area (TPSA) is 206 Å². The second kappa shape index (κ2) is 16.4. The summed E-state index contributed by atoms with van der Waals surface area (Å²) in [6.45, 7) is 4.82. The average Bonchev–Trinajstić information content (AvgIpc) is 3.94. The average molecular weight is 875 g/mol. The zero-order valence-electron chi connectivity index (χ0n) is 32.9. The van der Waals surface area contributed by atoms with Crippen molar-refractivity contribution in [3.8, 4) is 27.7 Å². The summed E-state index contributed by atoms with van der Waals surface area (Å²) in [5.74, 6) is -2.85. The van der Waals surface area contributed by atoms with Crippen LogP contribution in [0.4, 0.5) is 18.0 Å². The van der Waals surface area contributed by atoms with E-state index in [9.17, 15) is 45.9 Å². The zero-order chi connectivity index (χ0) is 43.2. The van der Waals surface area contributed by atoms with Crippen molar-refractivity contribution < 1.29 is 55.3 Å². The number of pyridine rings is 1. The third kappa shape index (κ3) is 9.00. The van der Waals surface area contributed by atoms with Gasteiger partial charge in [-0.1, -0.05) is 31.2 Å². The quantitative estimate of drug-likeness (QED) is 0.204. The highest BCUT2D eigenvalue weighted by Crippen LogP contribution is 2.47. The van der Waals surface area contributed by atoms with Crippen LogP contribution in [0.5, 0.6) is 5.75 Å². The molecule has 7 atom stereocenters. The number of nitrogens with one attached hydrogen (secondary N) is 3. The Labute approximate surface area is 348 Å². The molecule has 0 unspecified atom stereocenters. The third-order valence-electron chi connectivity index (χ3n) is 11.5. The smallest absolute Gasteiger partial charge is 0.416 e. The number of allylic oxidation sites excluding steroid dienone is 1. The summed E-state index contributed by atoms with van der Waals surface area (Å²) in [6.07, 6.45) is -1.35. The molecular weight excluding hydrogens is 830 g/mol. The van der Waals surface area contributed by atoms with E-state index in [1.165, 1.54) is 41.4 Å². The van der Waals surface area contributed by atoms with E-state index in [1.54, 1.807) is 37.6 Å². The van der Waals surface area contributed by atoms with Gasteiger partial charge in [-0.05, 0) is 64.5 Å². The molecule has 2 aromatic heterocycles. The minimum atomic E-state index is -4.55. The Hall–Kier alpha value is -5.08. The number of carboxylic acid groups (broad SMARTS) is 1. The van der Waals surface area contributed by atoms with E-state index in [0.29, 0.717) is 41.9 Å². The Morgan fingerprint density at radius 3 is 2.50 bits per heavy atom. The molecule has 0 radical (unpaired) electrons. The molecule has 322 valence electrons. The molecular formula is C40H45F3N6O9S2. The van der Waals surface area contributed by atoms with Crippen molar-refractivity contribution in [3.05, 3.63) is 65.7 Å². The Balaban J connectivity index is 1.24. The van der Waals surface area contributed by atoms with E-state index in [-0.39, 0.29) is 37.3 Å². The Bertz CT molecular complexity index is 2270. The minimum Gasteiger partial charge on any atom is -0.488 e. The van der Waals surface area contributed by atoms with Gasteiger partial charge in [0, 0.05) is 41.6 Å². The van der Waals surface area contributed by atoms with E-state index >= 15 is 0 Å². The molecule has 2 aliphatic heterocycles. The van der Waals surface area contributed by atoms with Crippen LogP contribution in [0.2, 0.25) is 0 Å². The van der Waals surface area contributed by atoms with Crippen LogP contribution in [-0.2, 0) is 35.3 Å². The largest absolute Gasteiger partial charge is 0.488 e. The number of sulfonamides is 1. The number of thiazole rings is 1. The van der Waals surface area contributed by atoms with Gasteiger partial charge in [0.1, 0.15) is 40.2 Å². The SMILES string of the molecule is CC[C@@H]1O[C@H](C)CCC=C[C@@H]2C[C@@]2(C(=O)NS(=O)(=O)C2(C)CC2)NC(=O)[C@@H]2C[C@@H](Oc3cc(-c4ccc(C(F)(F)F)cc4)nc(-c4nccs4)c3)CN2C(=O)[C@H]1NC(=O)O. The highest BCUT2D eigenvalue weighted by Gasteiger charge is 2.63. The van der Waals surface area contributed by atoms with Crippen molar-refractivity contribution in [2.24, 2.45) is 5.92 Å². The standard InChI is InChI=1S/C40H45F3N6O9S2/c1-4-31-32(46-37(53)54)35(51)49-21-27(58-26-17-28(45-29(18-26)34-44-15-16-59-34)23-9-11-24(12-10-23)40(41,42)43)19-30(49)33(50)47-39(20-25(39)8-6-5-7-22(2)57-31)36(52)48-60(55,56)38(3)13-14-38/h6,8-12,15-18,22,25,27,30-32,46H,4-5,7,13-14,19-21H2,1-3H3,(H,47,50)(H,48,52)(H,53,54)/t22-,25-,27-,30+,31+,32+,39-/m1/s1. The first-order valence-corrected chi connectivity index (χ1v) is 22.0. The molecule has 3 fully saturated rings. The molecule has 20 heteroatoms. The van der Waals surface area contributed by atoms with E-state index in [0.717, 1.165) is 12.1 Å². The molecule has 0 spiro atoms. The minimum absolute atomic E-state index is 0.0876. The van der Waals surface area contributed by atoms with Crippen molar-refractivity contribution in [3.63, 3.8) is 0 Å². The van der Waals surface area contributed by atoms with Crippen molar-refractivity contribution >= 4 is 45.2 Å². The summed E-state index contributed by atoms with van der Waals surface area (Å²) in [7, 11) is -4.09. The van der Waals surface area contributed by atoms with Crippen molar-refractivity contribution in [2.45, 2.75) is 113 Å². The lowest BCUT2D eigenvalue weighted by molar-refractivity contribution is -0.145.